The standard InChI is InChI=1S/C64H78N4O8S2/c1-40(2)56-37-78-77-36-54-53-33-52-46-19-22-49(70)32-48(69)21-18-45-20-23-57(72)59(74-3)51(45)14-9-13-47(31-46)58(60(52)76-61(53)73)75-39-66-64(26-10-15-55(54)67-62(65)68-56)35-44(34-63(38-64)24-7-8-25-63)28-43-27-42(29-50(71)30-43)17-16-41-11-5-4-6-12-41/h4-6,11-12,20,23,27,29-31,40,44,49,53-56,61,66,70-73H,7-8,13,16-19,21-22,24-26,28,32-39H2,1-3H3,(H3,65,67,68)/t44-,49-,53-,54-,55-,56+,61+,64-/m1/s1. The van der Waals surface area contributed by atoms with Gasteiger partial charge in [0, 0.05) is 65.7 Å². The number of benzene rings is 4. The molecule has 0 amide bonds. The number of phenols is 2. The molecule has 14 heteroatoms. The molecular weight excluding hydrogens is 1020 g/mol. The van der Waals surface area contributed by atoms with E-state index in [0.717, 1.165) is 90.5 Å². The molecule has 2 saturated carbocycles. The number of aromatic hydroxyl groups is 2. The van der Waals surface area contributed by atoms with E-state index in [-0.39, 0.29) is 66.6 Å². The lowest BCUT2D eigenvalue weighted by Gasteiger charge is -2.50. The van der Waals surface area contributed by atoms with Gasteiger partial charge >= 0.3 is 0 Å². The number of nitrogens with two attached hydrogens (primary N) is 1. The Morgan fingerprint density at radius 1 is 0.872 bits per heavy atom. The molecule has 0 aromatic heterocycles. The molecule has 78 heavy (non-hydrogen) atoms. The summed E-state index contributed by atoms with van der Waals surface area (Å²) in [4.78, 5) is 18.4. The summed E-state index contributed by atoms with van der Waals surface area (Å²) >= 11 is 0. The second kappa shape index (κ2) is 24.9. The normalized spacial score (nSPS) is 27.3. The minimum Gasteiger partial charge on any atom is -0.508 e. The fourth-order valence-corrected chi connectivity index (χ4v) is 16.5. The van der Waals surface area contributed by atoms with Crippen LogP contribution in [0.5, 0.6) is 28.7 Å². The predicted octanol–water partition coefficient (Wildman–Crippen LogP) is 9.54. The molecule has 0 radical (unpaired) electrons. The smallest absolute Gasteiger partial charge is 0.201 e. The quantitative estimate of drug-likeness (QED) is 0.0686. The number of rotatable bonds is 7. The van der Waals surface area contributed by atoms with Gasteiger partial charge < -0.3 is 45.7 Å². The second-order valence-corrected chi connectivity index (χ2v) is 26.1. The number of nitrogens with zero attached hydrogens (tertiary/aromatic N) is 1. The van der Waals surface area contributed by atoms with Crippen LogP contribution in [-0.4, -0.2) is 87.5 Å². The van der Waals surface area contributed by atoms with Crippen LogP contribution in [0.25, 0.3) is 0 Å². The molecule has 0 unspecified atom stereocenters. The summed E-state index contributed by atoms with van der Waals surface area (Å²) in [5, 5.41) is 53.6. The Kier molecular flexibility index (Phi) is 17.8. The van der Waals surface area contributed by atoms with Crippen LogP contribution in [0.15, 0.2) is 71.7 Å². The predicted molar refractivity (Wildman–Crippen MR) is 311 cm³/mol. The first kappa shape index (κ1) is 55.8. The molecule has 3 aliphatic carbocycles. The Balaban J connectivity index is 1.07. The number of aliphatic imine (C=N–C) groups is 1. The Labute approximate surface area is 469 Å². The molecular formula is C64H78N4O8S2. The average molecular weight is 1100 g/mol. The molecule has 4 heterocycles. The van der Waals surface area contributed by atoms with Crippen molar-refractivity contribution >= 4 is 33.3 Å². The van der Waals surface area contributed by atoms with E-state index in [4.69, 9.17) is 24.9 Å². The first-order valence-electron chi connectivity index (χ1n) is 28.4. The van der Waals surface area contributed by atoms with Gasteiger partial charge in [0.1, 0.15) is 18.3 Å². The molecule has 11 rings (SSSR count). The van der Waals surface area contributed by atoms with Gasteiger partial charge in [-0.15, -0.1) is 0 Å². The van der Waals surface area contributed by atoms with Crippen molar-refractivity contribution in [3.8, 4) is 52.4 Å². The van der Waals surface area contributed by atoms with E-state index < -0.39 is 29.9 Å². The lowest BCUT2D eigenvalue weighted by Crippen LogP contribution is -2.55. The number of phenolic OH excluding ortho intramolecular Hbond substituents is 2. The molecule has 7 aliphatic rings. The van der Waals surface area contributed by atoms with Gasteiger partial charge in [0.25, 0.3) is 0 Å². The fraction of sp³-hybridized carbons (Fsp3) is 0.531. The van der Waals surface area contributed by atoms with Crippen molar-refractivity contribution in [2.45, 2.75) is 159 Å². The molecule has 12 nitrogen and oxygen atoms in total. The zero-order chi connectivity index (χ0) is 54.4. The highest BCUT2D eigenvalue weighted by molar-refractivity contribution is 8.76. The van der Waals surface area contributed by atoms with Gasteiger partial charge in [-0.2, -0.15) is 0 Å². The summed E-state index contributed by atoms with van der Waals surface area (Å²) in [6.45, 7) is 4.48. The van der Waals surface area contributed by atoms with Gasteiger partial charge in [-0.25, -0.2) is 4.99 Å². The highest BCUT2D eigenvalue weighted by Gasteiger charge is 2.50. The highest BCUT2D eigenvalue weighted by Crippen LogP contribution is 2.55. The molecule has 2 spiro atoms. The monoisotopic (exact) mass is 1090 g/mol. The number of aliphatic hydroxyl groups is 2. The average Bonchev–Trinajstić information content (AvgIpc) is 4.03. The van der Waals surface area contributed by atoms with Crippen molar-refractivity contribution in [1.29, 1.82) is 0 Å². The largest absolute Gasteiger partial charge is 0.508 e. The zero-order valence-corrected chi connectivity index (χ0v) is 47.2. The number of carbonyl (C=O) groups is 1. The van der Waals surface area contributed by atoms with E-state index >= 15 is 0 Å². The number of ether oxygens (including phenoxy) is 3. The minimum atomic E-state index is -1.23. The lowest BCUT2D eigenvalue weighted by atomic mass is 9.59. The van der Waals surface area contributed by atoms with Gasteiger partial charge in [0.05, 0.1) is 30.9 Å². The van der Waals surface area contributed by atoms with Crippen molar-refractivity contribution in [3.63, 3.8) is 0 Å². The summed E-state index contributed by atoms with van der Waals surface area (Å²) < 4.78 is 19.6. The number of Topliss-reactive ketones (excluding diaryl/α,β-unsaturated/α-hetero) is 1. The van der Waals surface area contributed by atoms with Crippen molar-refractivity contribution in [2.24, 2.45) is 39.8 Å². The van der Waals surface area contributed by atoms with Crippen LogP contribution in [0.2, 0.25) is 0 Å². The summed E-state index contributed by atoms with van der Waals surface area (Å²) in [5.74, 6) is 17.3. The van der Waals surface area contributed by atoms with E-state index in [0.29, 0.717) is 72.5 Å². The van der Waals surface area contributed by atoms with Gasteiger partial charge in [-0.05, 0) is 140 Å². The van der Waals surface area contributed by atoms with Crippen LogP contribution in [0.3, 0.4) is 0 Å². The molecule has 0 saturated heterocycles. The number of hydrogen-bond donors (Lipinski definition) is 7. The number of aryl methyl sites for hydroxylation is 4. The molecule has 8 N–H and O–H groups in total. The van der Waals surface area contributed by atoms with E-state index in [1.807, 2.05) is 18.2 Å². The van der Waals surface area contributed by atoms with E-state index in [1.54, 1.807) is 33.7 Å². The second-order valence-electron chi connectivity index (χ2n) is 23.6. The zero-order valence-electron chi connectivity index (χ0n) is 45.6. The van der Waals surface area contributed by atoms with Crippen molar-refractivity contribution in [1.82, 2.24) is 10.6 Å². The van der Waals surface area contributed by atoms with Crippen LogP contribution < -0.4 is 30.6 Å². The minimum absolute atomic E-state index is 0.00706. The molecule has 414 valence electrons. The van der Waals surface area contributed by atoms with Crippen molar-refractivity contribution in [3.05, 3.63) is 111 Å². The van der Waals surface area contributed by atoms with E-state index in [1.165, 1.54) is 25.5 Å². The Morgan fingerprint density at radius 2 is 1.67 bits per heavy atom. The third kappa shape index (κ3) is 13.2. The van der Waals surface area contributed by atoms with Crippen LogP contribution in [0.4, 0.5) is 0 Å². The molecule has 6 bridgehead atoms. The molecule has 4 aromatic carbocycles. The van der Waals surface area contributed by atoms with E-state index in [2.05, 4.69) is 84.6 Å². The van der Waals surface area contributed by atoms with Crippen LogP contribution in [0, 0.1) is 52.8 Å². The number of ketones is 1. The number of guanidine groups is 1. The highest BCUT2D eigenvalue weighted by atomic mass is 33.1. The third-order valence-electron chi connectivity index (χ3n) is 17.5. The Bertz CT molecular complexity index is 2960. The van der Waals surface area contributed by atoms with E-state index in [9.17, 15) is 25.2 Å². The number of aliphatic hydroxyl groups excluding tert-OH is 2. The number of methoxy groups -OCH3 is 1. The fourth-order valence-electron chi connectivity index (χ4n) is 13.7. The van der Waals surface area contributed by atoms with Crippen LogP contribution in [-0.2, 0) is 49.7 Å². The third-order valence-corrected chi connectivity index (χ3v) is 20.0. The van der Waals surface area contributed by atoms with Crippen molar-refractivity contribution < 1.29 is 39.4 Å². The van der Waals surface area contributed by atoms with Gasteiger partial charge in [0.2, 0.25) is 6.29 Å². The first-order chi connectivity index (χ1) is 37.7. The lowest BCUT2D eigenvalue weighted by molar-refractivity contribution is -0.121. The SMILES string of the molecule is COc1c(O)ccc2c1C#CCc1cc(c3c4c1OCN[C@]1(CC#C[C@H]5NC(N)=N[C@H](C(C)C)CSSC[C@@H]5[C@@H](C3)[C@@H](O)O4)C[C@H](Cc3cc(O)cc(CCc4ccccc4)c3)CC3(CCCC3)C1)CC[C@@H](O)CC(=O)CC2. The maximum Gasteiger partial charge on any atom is 0.201 e. The number of fused-ring (bicyclic) bond motifs is 7. The van der Waals surface area contributed by atoms with Crippen LogP contribution >= 0.6 is 21.6 Å². The van der Waals surface area contributed by atoms with Gasteiger partial charge in [-0.3, -0.25) is 10.1 Å². The summed E-state index contributed by atoms with van der Waals surface area (Å²) in [6, 6.07) is 21.7. The topological polar surface area (TPSA) is 188 Å². The number of hydrogen-bond acceptors (Lipinski definition) is 14. The maximum absolute atomic E-state index is 13.4. The summed E-state index contributed by atoms with van der Waals surface area (Å²) in [6.07, 6.45) is 10.7. The Morgan fingerprint density at radius 3 is 2.47 bits per heavy atom. The number of carbonyl (C=O) groups excluding carboxylic acids is 1. The van der Waals surface area contributed by atoms with Crippen molar-refractivity contribution in [2.75, 3.05) is 25.3 Å². The molecule has 4 aromatic rings. The molecule has 2 fully saturated rings. The molecule has 8 atom stereocenters. The maximum atomic E-state index is 13.4. The van der Waals surface area contributed by atoms with Gasteiger partial charge in [-0.1, -0.05) is 120 Å². The Hall–Kier alpha value is -5.48. The van der Waals surface area contributed by atoms with Crippen LogP contribution in [0.1, 0.15) is 129 Å². The first-order valence-corrected chi connectivity index (χ1v) is 30.9. The van der Waals surface area contributed by atoms with Gasteiger partial charge in [0.15, 0.2) is 29.0 Å². The summed E-state index contributed by atoms with van der Waals surface area (Å²) in [5.41, 5.74) is 14.0. The summed E-state index contributed by atoms with van der Waals surface area (Å²) in [7, 11) is 5.05. The number of nitrogens with one attached hydrogen (secondary N) is 2. The molecule has 4 aliphatic heterocycles.